The van der Waals surface area contributed by atoms with Gasteiger partial charge in [0.2, 0.25) is 17.7 Å². The van der Waals surface area contributed by atoms with Gasteiger partial charge >= 0.3 is 18.0 Å². The molecule has 9 aromatic rings. The van der Waals surface area contributed by atoms with Crippen LogP contribution in [0.4, 0.5) is 38.9 Å². The lowest BCUT2D eigenvalue weighted by molar-refractivity contribution is -0.129. The quantitative estimate of drug-likeness (QED) is 0.0653. The molecule has 0 radical (unpaired) electrons. The van der Waals surface area contributed by atoms with Gasteiger partial charge in [-0.05, 0) is 183 Å². The Bertz CT molecular complexity index is 5910. The number of nitrogens with one attached hydrogen (secondary N) is 1. The van der Waals surface area contributed by atoms with Crippen molar-refractivity contribution in [3.63, 3.8) is 0 Å². The monoisotopic (exact) mass is 1780 g/mol. The summed E-state index contributed by atoms with van der Waals surface area (Å²) in [5.74, 6) is 2.03. The van der Waals surface area contributed by atoms with Crippen LogP contribution in [-0.4, -0.2) is 263 Å². The molecule has 3 amide bonds. The molecule has 6 saturated heterocycles. The van der Waals surface area contributed by atoms with Crippen LogP contribution in [0.3, 0.4) is 0 Å². The summed E-state index contributed by atoms with van der Waals surface area (Å²) in [6, 6.07) is 39.2. The first-order chi connectivity index (χ1) is 62.5. The van der Waals surface area contributed by atoms with Crippen LogP contribution in [0.1, 0.15) is 114 Å². The number of aromatic amines is 1. The molecule has 1 unspecified atom stereocenters. The first-order valence-electron chi connectivity index (χ1n) is 45.3. The average Bonchev–Trinajstić information content (AvgIpc) is 1.04. The number of halogens is 1. The summed E-state index contributed by atoms with van der Waals surface area (Å²) in [5, 5.41) is 44.1. The summed E-state index contributed by atoms with van der Waals surface area (Å²) in [6.45, 7) is 31.9. The van der Waals surface area contributed by atoms with Crippen LogP contribution in [0.2, 0.25) is 0 Å². The number of hydrogen-bond acceptors (Lipinski definition) is 25. The fourth-order valence-corrected chi connectivity index (χ4v) is 20.7. The number of nitriles is 4. The Labute approximate surface area is 768 Å². The molecule has 9 aliphatic heterocycles. The van der Waals surface area contributed by atoms with Crippen molar-refractivity contribution in [1.82, 2.24) is 64.3 Å². The van der Waals surface area contributed by atoms with Crippen LogP contribution in [-0.2, 0) is 53.3 Å². The zero-order valence-electron chi connectivity index (χ0n) is 75.8. The third-order valence-corrected chi connectivity index (χ3v) is 27.6. The van der Waals surface area contributed by atoms with E-state index < -0.39 is 5.67 Å². The second kappa shape index (κ2) is 40.6. The van der Waals surface area contributed by atoms with E-state index in [1.165, 1.54) is 68.9 Å². The molecule has 5 aromatic carbocycles. The largest absolute Gasteiger partial charge is 0.462 e. The number of likely N-dealkylation sites (N-methyl/N-ethyl adjacent to an activating group) is 3. The number of aromatic nitrogens is 7. The smallest absolute Gasteiger partial charge is 0.318 e. The second-order valence-corrected chi connectivity index (χ2v) is 35.9. The Morgan fingerprint density at radius 1 is 0.500 bits per heavy atom. The summed E-state index contributed by atoms with van der Waals surface area (Å²) < 4.78 is 33.5. The zero-order valence-corrected chi connectivity index (χ0v) is 76.8. The second-order valence-electron chi connectivity index (χ2n) is 35.9. The third-order valence-electron chi connectivity index (χ3n) is 27.6. The van der Waals surface area contributed by atoms with E-state index in [0.717, 1.165) is 144 Å². The Hall–Kier alpha value is -12.7. The topological polar surface area (TPSA) is 306 Å². The summed E-state index contributed by atoms with van der Waals surface area (Å²) in [7, 11) is 6.18. The van der Waals surface area contributed by atoms with E-state index in [-0.39, 0.29) is 80.7 Å². The van der Waals surface area contributed by atoms with Gasteiger partial charge in [0.15, 0.2) is 0 Å². The molecule has 0 aliphatic carbocycles. The van der Waals surface area contributed by atoms with Gasteiger partial charge in [-0.15, -0.1) is 0 Å². The van der Waals surface area contributed by atoms with Crippen molar-refractivity contribution in [3.8, 4) is 42.3 Å². The highest BCUT2D eigenvalue weighted by Gasteiger charge is 2.42. The van der Waals surface area contributed by atoms with Crippen molar-refractivity contribution in [2.45, 2.75) is 160 Å². The molecule has 0 bridgehead atoms. The summed E-state index contributed by atoms with van der Waals surface area (Å²) in [4.78, 5) is 96.3. The van der Waals surface area contributed by atoms with Crippen molar-refractivity contribution < 1.29 is 33.0 Å². The summed E-state index contributed by atoms with van der Waals surface area (Å²) in [5.41, 5.74) is 13.8. The van der Waals surface area contributed by atoms with E-state index in [1.54, 1.807) is 21.6 Å². The Balaban J connectivity index is 0.000000149. The van der Waals surface area contributed by atoms with E-state index in [9.17, 15) is 39.8 Å². The minimum atomic E-state index is -1.25. The first kappa shape index (κ1) is 92.1. The number of hydrogen-bond donors (Lipinski definition) is 1. The third kappa shape index (κ3) is 19.6. The number of H-pyrrole nitrogens is 1. The number of fused-ring (bicyclic) bond motifs is 6. The number of alkyl halides is 1. The number of rotatable bonds is 21. The van der Waals surface area contributed by atoms with E-state index in [0.29, 0.717) is 141 Å². The number of benzene rings is 5. The van der Waals surface area contributed by atoms with Gasteiger partial charge in [0.1, 0.15) is 42.9 Å². The number of carbonyl (C=O) groups excluding carboxylic acids is 3. The minimum absolute atomic E-state index is 0. The van der Waals surface area contributed by atoms with Gasteiger partial charge in [0.05, 0.1) is 104 Å². The molecule has 0 saturated carbocycles. The van der Waals surface area contributed by atoms with Crippen LogP contribution in [0.15, 0.2) is 129 Å². The number of anilines is 6. The van der Waals surface area contributed by atoms with Crippen LogP contribution < -0.4 is 43.6 Å². The van der Waals surface area contributed by atoms with Gasteiger partial charge in [0, 0.05) is 171 Å². The van der Waals surface area contributed by atoms with Crippen molar-refractivity contribution in [1.29, 1.82) is 21.0 Å². The highest BCUT2D eigenvalue weighted by molar-refractivity contribution is 7.59. The number of amides is 3. The van der Waals surface area contributed by atoms with Crippen LogP contribution in [0.5, 0.6) is 18.0 Å². The lowest BCUT2D eigenvalue weighted by Gasteiger charge is -2.42. The maximum absolute atomic E-state index is 14.7. The maximum Gasteiger partial charge on any atom is 0.318 e. The van der Waals surface area contributed by atoms with Crippen LogP contribution >= 0.6 is 13.5 Å². The zero-order chi connectivity index (χ0) is 90.3. The highest BCUT2D eigenvalue weighted by Crippen LogP contribution is 2.43. The molecule has 1 N–H and O–H groups in total. The molecule has 31 heteroatoms. The Morgan fingerprint density at radius 3 is 1.33 bits per heavy atom. The van der Waals surface area contributed by atoms with Gasteiger partial charge < -0.3 is 73.1 Å². The van der Waals surface area contributed by atoms with Gasteiger partial charge in [-0.1, -0.05) is 74.3 Å². The molecule has 18 rings (SSSR count). The Morgan fingerprint density at radius 2 is 0.915 bits per heavy atom. The molecule has 4 aromatic heterocycles. The molecule has 7 atom stereocenters. The highest BCUT2D eigenvalue weighted by atomic mass is 32.1. The van der Waals surface area contributed by atoms with Gasteiger partial charge in [0.25, 0.3) is 0 Å². The fourth-order valence-electron chi connectivity index (χ4n) is 20.7. The molecule has 29 nitrogen and oxygen atoms in total. The number of piperazine rings is 3. The molecule has 13 heterocycles. The predicted molar refractivity (Wildman–Crippen MR) is 509 cm³/mol. The van der Waals surface area contributed by atoms with Crippen molar-refractivity contribution in [3.05, 3.63) is 185 Å². The number of likely N-dealkylation sites (tertiary alicyclic amines) is 3. The van der Waals surface area contributed by atoms with Crippen LogP contribution in [0.25, 0.3) is 32.4 Å². The molecule has 678 valence electrons. The molecular formula is C99H118FN23O6S. The lowest BCUT2D eigenvalue weighted by atomic mass is 9.99. The minimum Gasteiger partial charge on any atom is -0.462 e. The number of ether oxygens (including phenoxy) is 3. The average molecular weight is 1780 g/mol. The fraction of sp³-hybridized carbons (Fsp3) is 0.465. The van der Waals surface area contributed by atoms with E-state index >= 15 is 0 Å². The molecule has 0 spiro atoms. The summed E-state index contributed by atoms with van der Waals surface area (Å²) >= 11 is 0. The van der Waals surface area contributed by atoms with Crippen molar-refractivity contribution >= 4 is 98.2 Å². The summed E-state index contributed by atoms with van der Waals surface area (Å²) in [6.07, 6.45) is 13.8. The predicted octanol–water partition coefficient (Wildman–Crippen LogP) is 11.9. The molecular weight excluding hydrogens is 1660 g/mol. The number of aryl methyl sites for hydroxylation is 2. The molecule has 130 heavy (non-hydrogen) atoms. The SMILES string of the molecule is C=CC(=O)N1CCN(c2nc(OC[C@@H]3CC(C)(F)CN3C)nc3c2CCN(c2cccc4cccc(C)c24)C3)C[C@@H]1CC#N.C=CC(=O)N1CCN(c2nc(OC[C@@H]3CCCN3C)nc3c2CCN(c2c(C)c(C)cc4[nH]ccc24)C3)C[C@@H]1CC#N.C=CC(=O)N1CCN(c2nc(OC[C@@H]3CCCN3C)nc3c2CCN(c2cccc4cccc(C#N)c24)C3)C[C@@H]1CC#N.S. The Kier molecular flexibility index (Phi) is 28.7. The van der Waals surface area contributed by atoms with Crippen molar-refractivity contribution in [2.24, 2.45) is 0 Å². The normalized spacial score (nSPS) is 21.6. The molecule has 6 fully saturated rings. The van der Waals surface area contributed by atoms with E-state index in [2.05, 4.69) is 178 Å². The first-order valence-corrected chi connectivity index (χ1v) is 45.3. The lowest BCUT2D eigenvalue weighted by Crippen LogP contribution is -2.55. The maximum atomic E-state index is 14.7. The van der Waals surface area contributed by atoms with E-state index in [4.69, 9.17) is 44.1 Å². The van der Waals surface area contributed by atoms with Gasteiger partial charge in [-0.3, -0.25) is 19.3 Å². The number of nitrogens with zero attached hydrogens (tertiary/aromatic N) is 22. The van der Waals surface area contributed by atoms with Crippen LogP contribution in [0, 0.1) is 66.1 Å². The van der Waals surface area contributed by atoms with E-state index in [1.807, 2.05) is 48.5 Å². The van der Waals surface area contributed by atoms with Gasteiger partial charge in [-0.25, -0.2) is 4.39 Å². The standard InChI is InChI=1S/C34H40FN7O2.C33H36N8O2.C32H40N8O2.H2S/c1-5-30(43)42-17-16-41(19-25(42)12-14-36)32-27-13-15-40(29-11-7-10-24-9-6-8-23(2)31(24)29)20-28(27)37-33(38-32)44-21-26-18-34(3,35)22-39(26)4;1-3-30(42)41-18-17-40(20-25(41)12-14-34)32-27-13-16-39(29-11-5-8-23-7-4-9-24(19-35)31(23)29)21-28(27)36-33(37-32)43-22-26-10-6-15-38(26)2;1-5-29(41)40-16-15-39(18-23(40)8-11-33)31-26-10-14-38(30-22(3)21(2)17-27-25(30)9-12-34-27)19-28(26)35-32(36-31)42-20-24-7-6-13-37(24)4;/h5-11,25-26H,1,12-13,15-22H2,2-4H3;3-5,7-9,11,25-26H,1,6,10,12-13,15-18,20-22H2,2H3;5,9,12,17,23-24,34H,1,6-8,10,13-16,18-20H2,2-4H3;1H2/t25-,26-,34?;25-,26-;23-,24-;/m000./s1. The van der Waals surface area contributed by atoms with Crippen molar-refractivity contribution in [2.75, 3.05) is 169 Å². The van der Waals surface area contributed by atoms with Gasteiger partial charge in [-0.2, -0.15) is 64.4 Å². The number of carbonyl (C=O) groups is 3. The molecule has 9 aliphatic rings.